The van der Waals surface area contributed by atoms with E-state index in [0.29, 0.717) is 19.5 Å². The van der Waals surface area contributed by atoms with Gasteiger partial charge in [-0.1, -0.05) is 42.9 Å². The Labute approximate surface area is 150 Å². The van der Waals surface area contributed by atoms with Crippen LogP contribution in [0.2, 0.25) is 0 Å². The van der Waals surface area contributed by atoms with Crippen LogP contribution < -0.4 is 0 Å². The molecule has 0 aromatic heterocycles. The van der Waals surface area contributed by atoms with Gasteiger partial charge in [0.2, 0.25) is 11.8 Å². The van der Waals surface area contributed by atoms with E-state index in [2.05, 4.69) is 11.8 Å². The topological polar surface area (TPSA) is 40.6 Å². The maximum absolute atomic E-state index is 13.1. The van der Waals surface area contributed by atoms with E-state index in [1.807, 2.05) is 42.2 Å². The van der Waals surface area contributed by atoms with Crippen LogP contribution in [0.5, 0.6) is 0 Å². The molecule has 1 saturated carbocycles. The summed E-state index contributed by atoms with van der Waals surface area (Å²) < 4.78 is 0. The molecule has 0 spiro atoms. The Kier molecular flexibility index (Phi) is 5.75. The van der Waals surface area contributed by atoms with E-state index in [0.717, 1.165) is 37.7 Å². The van der Waals surface area contributed by atoms with E-state index < -0.39 is 0 Å². The van der Waals surface area contributed by atoms with Gasteiger partial charge < -0.3 is 9.80 Å². The number of hydrogen-bond donors (Lipinski definition) is 0. The minimum atomic E-state index is -0.380. The Balaban J connectivity index is 1.71. The molecule has 1 aliphatic heterocycles. The molecule has 4 heteroatoms. The molecule has 0 radical (unpaired) electrons. The molecule has 2 amide bonds. The number of nitrogens with zero attached hydrogens (tertiary/aromatic N) is 2. The second-order valence-electron chi connectivity index (χ2n) is 6.94. The molecule has 2 aliphatic rings. The Morgan fingerprint density at radius 2 is 1.96 bits per heavy atom. The molecule has 132 valence electrons. The highest BCUT2D eigenvalue weighted by molar-refractivity contribution is 5.88. The van der Waals surface area contributed by atoms with Crippen molar-refractivity contribution in [1.29, 1.82) is 0 Å². The minimum Gasteiger partial charge on any atom is -0.331 e. The predicted octanol–water partition coefficient (Wildman–Crippen LogP) is 2.82. The summed E-state index contributed by atoms with van der Waals surface area (Å²) in [4.78, 5) is 28.7. The van der Waals surface area contributed by atoms with E-state index in [1.165, 1.54) is 0 Å². The molecule has 1 atom stereocenters. The fourth-order valence-electron chi connectivity index (χ4n) is 3.80. The summed E-state index contributed by atoms with van der Waals surface area (Å²) in [7, 11) is 0. The van der Waals surface area contributed by atoms with Gasteiger partial charge in [-0.15, -0.1) is 0 Å². The highest BCUT2D eigenvalue weighted by atomic mass is 16.2. The van der Waals surface area contributed by atoms with Gasteiger partial charge in [0.25, 0.3) is 0 Å². The summed E-state index contributed by atoms with van der Waals surface area (Å²) in [5, 5.41) is 0. The van der Waals surface area contributed by atoms with Crippen LogP contribution in [-0.2, 0) is 9.59 Å². The van der Waals surface area contributed by atoms with E-state index in [1.54, 1.807) is 4.90 Å². The standard InChI is InChI=1S/C21H26N2O2/c1-17(22-15-8-14-20(22)24)21(25)23(19-12-5-6-13-19)16-7-11-18-9-3-2-4-10-18/h2-4,9-10,17,19H,5-6,8,12-16H2,1H3/t17-/m0/s1. The largest absolute Gasteiger partial charge is 0.331 e. The van der Waals surface area contributed by atoms with Crippen LogP contribution >= 0.6 is 0 Å². The molecule has 1 aromatic rings. The molecule has 0 unspecified atom stereocenters. The van der Waals surface area contributed by atoms with Gasteiger partial charge in [-0.25, -0.2) is 0 Å². The maximum atomic E-state index is 13.1. The number of likely N-dealkylation sites (tertiary alicyclic amines) is 1. The van der Waals surface area contributed by atoms with Gasteiger partial charge in [-0.2, -0.15) is 0 Å². The van der Waals surface area contributed by atoms with Crippen LogP contribution in [-0.4, -0.2) is 46.8 Å². The summed E-state index contributed by atoms with van der Waals surface area (Å²) in [6.07, 6.45) is 5.83. The average molecular weight is 338 g/mol. The number of carbonyl (C=O) groups is 2. The van der Waals surface area contributed by atoms with Crippen molar-refractivity contribution in [3.63, 3.8) is 0 Å². The second kappa shape index (κ2) is 8.20. The molecule has 2 fully saturated rings. The number of hydrogen-bond acceptors (Lipinski definition) is 2. The van der Waals surface area contributed by atoms with E-state index in [9.17, 15) is 9.59 Å². The predicted molar refractivity (Wildman–Crippen MR) is 97.7 cm³/mol. The van der Waals surface area contributed by atoms with Crippen molar-refractivity contribution in [2.75, 3.05) is 13.1 Å². The van der Waals surface area contributed by atoms with Crippen molar-refractivity contribution >= 4 is 11.8 Å². The number of rotatable bonds is 4. The fourth-order valence-corrected chi connectivity index (χ4v) is 3.80. The molecule has 1 aromatic carbocycles. The molecule has 3 rings (SSSR count). The Morgan fingerprint density at radius 3 is 2.60 bits per heavy atom. The second-order valence-corrected chi connectivity index (χ2v) is 6.94. The number of benzene rings is 1. The quantitative estimate of drug-likeness (QED) is 0.792. The lowest BCUT2D eigenvalue weighted by molar-refractivity contribution is -0.143. The Morgan fingerprint density at radius 1 is 1.24 bits per heavy atom. The van der Waals surface area contributed by atoms with Crippen molar-refractivity contribution in [2.24, 2.45) is 0 Å². The highest BCUT2D eigenvalue weighted by Crippen LogP contribution is 2.25. The van der Waals surface area contributed by atoms with Crippen molar-refractivity contribution < 1.29 is 9.59 Å². The SMILES string of the molecule is C[C@@H](C(=O)N(CC#Cc1ccccc1)C1CCCC1)N1CCCC1=O. The lowest BCUT2D eigenvalue weighted by Gasteiger charge is -2.33. The van der Waals surface area contributed by atoms with Crippen LogP contribution in [0.15, 0.2) is 30.3 Å². The zero-order chi connectivity index (χ0) is 17.6. The van der Waals surface area contributed by atoms with Crippen LogP contribution in [0, 0.1) is 11.8 Å². The smallest absolute Gasteiger partial charge is 0.246 e. The van der Waals surface area contributed by atoms with Crippen molar-refractivity contribution in [3.05, 3.63) is 35.9 Å². The number of amides is 2. The van der Waals surface area contributed by atoms with Gasteiger partial charge in [0, 0.05) is 24.6 Å². The average Bonchev–Trinajstić information content (AvgIpc) is 3.30. The molecule has 1 heterocycles. The molecular formula is C21H26N2O2. The zero-order valence-corrected chi connectivity index (χ0v) is 14.9. The van der Waals surface area contributed by atoms with E-state index in [4.69, 9.17) is 0 Å². The van der Waals surface area contributed by atoms with Crippen LogP contribution in [0.1, 0.15) is 51.0 Å². The molecule has 4 nitrogen and oxygen atoms in total. The first kappa shape index (κ1) is 17.5. The van der Waals surface area contributed by atoms with E-state index in [-0.39, 0.29) is 23.9 Å². The Hall–Kier alpha value is -2.28. The fraction of sp³-hybridized carbons (Fsp3) is 0.524. The van der Waals surface area contributed by atoms with Gasteiger partial charge >= 0.3 is 0 Å². The summed E-state index contributed by atoms with van der Waals surface area (Å²) >= 11 is 0. The third kappa shape index (κ3) is 4.22. The molecule has 1 aliphatic carbocycles. The van der Waals surface area contributed by atoms with Gasteiger partial charge in [-0.05, 0) is 38.3 Å². The molecule has 1 saturated heterocycles. The number of carbonyl (C=O) groups excluding carboxylic acids is 2. The lowest BCUT2D eigenvalue weighted by atomic mass is 10.1. The van der Waals surface area contributed by atoms with Crippen LogP contribution in [0.25, 0.3) is 0 Å². The molecular weight excluding hydrogens is 312 g/mol. The summed E-state index contributed by atoms with van der Waals surface area (Å²) in [6, 6.07) is 9.72. The van der Waals surface area contributed by atoms with Crippen LogP contribution in [0.3, 0.4) is 0 Å². The van der Waals surface area contributed by atoms with Gasteiger partial charge in [0.15, 0.2) is 0 Å². The first-order valence-corrected chi connectivity index (χ1v) is 9.30. The third-order valence-corrected chi connectivity index (χ3v) is 5.24. The minimum absolute atomic E-state index is 0.0458. The lowest BCUT2D eigenvalue weighted by Crippen LogP contribution is -2.50. The summed E-state index contributed by atoms with van der Waals surface area (Å²) in [6.45, 7) is 2.99. The first-order valence-electron chi connectivity index (χ1n) is 9.30. The highest BCUT2D eigenvalue weighted by Gasteiger charge is 2.35. The normalized spacial score (nSPS) is 18.8. The molecule has 0 N–H and O–H groups in total. The zero-order valence-electron chi connectivity index (χ0n) is 14.9. The van der Waals surface area contributed by atoms with Gasteiger partial charge in [-0.3, -0.25) is 9.59 Å². The third-order valence-electron chi connectivity index (χ3n) is 5.24. The van der Waals surface area contributed by atoms with Crippen molar-refractivity contribution in [1.82, 2.24) is 9.80 Å². The van der Waals surface area contributed by atoms with Crippen molar-refractivity contribution in [3.8, 4) is 11.8 Å². The monoisotopic (exact) mass is 338 g/mol. The van der Waals surface area contributed by atoms with E-state index >= 15 is 0 Å². The van der Waals surface area contributed by atoms with Crippen LogP contribution in [0.4, 0.5) is 0 Å². The maximum Gasteiger partial charge on any atom is 0.246 e. The molecule has 0 bridgehead atoms. The first-order chi connectivity index (χ1) is 12.2. The molecule has 25 heavy (non-hydrogen) atoms. The Bertz CT molecular complexity index is 668. The summed E-state index contributed by atoms with van der Waals surface area (Å²) in [5.74, 6) is 6.46. The van der Waals surface area contributed by atoms with Gasteiger partial charge in [0.1, 0.15) is 6.04 Å². The van der Waals surface area contributed by atoms with Gasteiger partial charge in [0.05, 0.1) is 6.54 Å². The van der Waals surface area contributed by atoms with Crippen molar-refractivity contribution in [2.45, 2.75) is 57.5 Å². The summed E-state index contributed by atoms with van der Waals surface area (Å²) in [5.41, 5.74) is 0.962.